The van der Waals surface area contributed by atoms with Crippen molar-refractivity contribution in [3.05, 3.63) is 42.5 Å². The highest BCUT2D eigenvalue weighted by Crippen LogP contribution is 2.38. The minimum absolute atomic E-state index is 0.109. The first-order valence-electron chi connectivity index (χ1n) is 7.72. The molecule has 0 N–H and O–H groups in total. The predicted octanol–water partition coefficient (Wildman–Crippen LogP) is 5.52. The Morgan fingerprint density at radius 1 is 0.963 bits per heavy atom. The van der Waals surface area contributed by atoms with Crippen molar-refractivity contribution in [2.24, 2.45) is 0 Å². The molecule has 1 aliphatic rings. The van der Waals surface area contributed by atoms with Crippen LogP contribution in [0.5, 0.6) is 11.5 Å². The Morgan fingerprint density at radius 2 is 1.63 bits per heavy atom. The zero-order valence-electron chi connectivity index (χ0n) is 13.6. The van der Waals surface area contributed by atoms with E-state index in [1.54, 1.807) is 18.2 Å². The second-order valence-electron chi connectivity index (χ2n) is 5.65. The van der Waals surface area contributed by atoms with Gasteiger partial charge in [-0.25, -0.2) is 4.31 Å². The highest BCUT2D eigenvalue weighted by atomic mass is 32.2. The van der Waals surface area contributed by atoms with E-state index in [0.717, 1.165) is 16.3 Å². The number of hydrogen-bond donors (Lipinski definition) is 0. The van der Waals surface area contributed by atoms with Crippen molar-refractivity contribution in [2.45, 2.75) is 17.4 Å². The molecule has 3 nitrogen and oxygen atoms in total. The van der Waals surface area contributed by atoms with Crippen molar-refractivity contribution in [1.29, 1.82) is 0 Å². The summed E-state index contributed by atoms with van der Waals surface area (Å²) in [7, 11) is 0. The number of benzene rings is 2. The van der Waals surface area contributed by atoms with Gasteiger partial charge in [0, 0.05) is 6.54 Å². The van der Waals surface area contributed by atoms with Crippen molar-refractivity contribution in [3.63, 3.8) is 0 Å². The molecule has 0 radical (unpaired) electrons. The standard InChI is InChI=1S/C17H13F6NO2S/c18-16(19,20)10-24-7-8-25-14-6-3-12(9-15(14)27-24)11-1-4-13(5-2-11)26-17(21,22)23/h1-6,9H,7-8,10H2. The van der Waals surface area contributed by atoms with Gasteiger partial charge < -0.3 is 9.47 Å². The van der Waals surface area contributed by atoms with Crippen LogP contribution in [0.3, 0.4) is 0 Å². The fraction of sp³-hybridized carbons (Fsp3) is 0.294. The van der Waals surface area contributed by atoms with Crippen LogP contribution in [0, 0.1) is 0 Å². The van der Waals surface area contributed by atoms with Gasteiger partial charge in [0.25, 0.3) is 0 Å². The van der Waals surface area contributed by atoms with Gasteiger partial charge >= 0.3 is 12.5 Å². The van der Waals surface area contributed by atoms with Crippen molar-refractivity contribution < 1.29 is 35.8 Å². The molecular weight excluding hydrogens is 396 g/mol. The summed E-state index contributed by atoms with van der Waals surface area (Å²) in [6.45, 7) is -0.843. The van der Waals surface area contributed by atoms with Crippen LogP contribution in [0.15, 0.2) is 47.4 Å². The molecule has 0 saturated heterocycles. The maximum atomic E-state index is 12.7. The third kappa shape index (κ3) is 5.70. The van der Waals surface area contributed by atoms with Crippen LogP contribution in [-0.4, -0.2) is 36.5 Å². The van der Waals surface area contributed by atoms with Crippen LogP contribution in [-0.2, 0) is 0 Å². The summed E-state index contributed by atoms with van der Waals surface area (Å²) in [5.74, 6) is 0.112. The lowest BCUT2D eigenvalue weighted by Gasteiger charge is -2.19. The second kappa shape index (κ2) is 7.51. The third-order valence-corrected chi connectivity index (χ3v) is 4.63. The van der Waals surface area contributed by atoms with Gasteiger partial charge in [0.15, 0.2) is 0 Å². The van der Waals surface area contributed by atoms with E-state index >= 15 is 0 Å². The number of rotatable bonds is 3. The molecule has 2 aromatic carbocycles. The lowest BCUT2D eigenvalue weighted by atomic mass is 10.1. The first-order chi connectivity index (χ1) is 12.6. The third-order valence-electron chi connectivity index (χ3n) is 3.55. The molecule has 1 aliphatic heterocycles. The summed E-state index contributed by atoms with van der Waals surface area (Å²) in [5, 5.41) is 0. The molecule has 0 unspecified atom stereocenters. The molecule has 0 aromatic heterocycles. The van der Waals surface area contributed by atoms with Gasteiger partial charge in [0.2, 0.25) is 0 Å². The Kier molecular flexibility index (Phi) is 5.48. The molecule has 0 aliphatic carbocycles. The number of hydrogen-bond acceptors (Lipinski definition) is 4. The molecular formula is C17H13F6NO2S. The van der Waals surface area contributed by atoms with Crippen molar-refractivity contribution in [3.8, 4) is 22.6 Å². The monoisotopic (exact) mass is 409 g/mol. The molecule has 27 heavy (non-hydrogen) atoms. The molecule has 2 aromatic rings. The second-order valence-corrected chi connectivity index (χ2v) is 6.79. The number of ether oxygens (including phenoxy) is 2. The van der Waals surface area contributed by atoms with Gasteiger partial charge in [0.1, 0.15) is 24.7 Å². The topological polar surface area (TPSA) is 21.7 Å². The summed E-state index contributed by atoms with van der Waals surface area (Å²) < 4.78 is 85.1. The highest BCUT2D eigenvalue weighted by Gasteiger charge is 2.33. The zero-order valence-corrected chi connectivity index (χ0v) is 14.4. The van der Waals surface area contributed by atoms with Crippen LogP contribution in [0.25, 0.3) is 11.1 Å². The lowest BCUT2D eigenvalue weighted by Crippen LogP contribution is -2.31. The average Bonchev–Trinajstić information content (AvgIpc) is 2.73. The largest absolute Gasteiger partial charge is 0.573 e. The van der Waals surface area contributed by atoms with E-state index in [-0.39, 0.29) is 18.9 Å². The molecule has 146 valence electrons. The number of halogens is 6. The number of nitrogens with zero attached hydrogens (tertiary/aromatic N) is 1. The zero-order chi connectivity index (χ0) is 19.7. The minimum Gasteiger partial charge on any atom is -0.491 e. The van der Waals surface area contributed by atoms with E-state index in [0.29, 0.717) is 21.8 Å². The van der Waals surface area contributed by atoms with Crippen LogP contribution in [0.1, 0.15) is 0 Å². The van der Waals surface area contributed by atoms with E-state index in [1.807, 2.05) is 0 Å². The van der Waals surface area contributed by atoms with Gasteiger partial charge in [-0.3, -0.25) is 0 Å². The highest BCUT2D eigenvalue weighted by molar-refractivity contribution is 7.97. The quantitative estimate of drug-likeness (QED) is 0.492. The lowest BCUT2D eigenvalue weighted by molar-refractivity contribution is -0.274. The fourth-order valence-electron chi connectivity index (χ4n) is 2.48. The minimum atomic E-state index is -4.78. The Hall–Kier alpha value is -2.07. The van der Waals surface area contributed by atoms with E-state index in [2.05, 4.69) is 4.74 Å². The molecule has 0 amide bonds. The predicted molar refractivity (Wildman–Crippen MR) is 87.5 cm³/mol. The maximum absolute atomic E-state index is 12.7. The molecule has 0 fully saturated rings. The normalized spacial score (nSPS) is 15.6. The molecule has 0 bridgehead atoms. The van der Waals surface area contributed by atoms with Crippen molar-refractivity contribution in [1.82, 2.24) is 4.31 Å². The van der Waals surface area contributed by atoms with E-state index in [1.165, 1.54) is 24.3 Å². The smallest absolute Gasteiger partial charge is 0.491 e. The van der Waals surface area contributed by atoms with Gasteiger partial charge in [0.05, 0.1) is 4.90 Å². The molecule has 0 atom stereocenters. The van der Waals surface area contributed by atoms with Crippen LogP contribution < -0.4 is 9.47 Å². The van der Waals surface area contributed by atoms with E-state index in [9.17, 15) is 26.3 Å². The Morgan fingerprint density at radius 3 is 2.26 bits per heavy atom. The fourth-order valence-corrected chi connectivity index (χ4v) is 3.53. The van der Waals surface area contributed by atoms with Crippen LogP contribution in [0.4, 0.5) is 26.3 Å². The van der Waals surface area contributed by atoms with Gasteiger partial charge in [-0.15, -0.1) is 13.2 Å². The van der Waals surface area contributed by atoms with Gasteiger partial charge in [-0.1, -0.05) is 18.2 Å². The number of alkyl halides is 6. The molecule has 0 saturated carbocycles. The average molecular weight is 409 g/mol. The summed E-state index contributed by atoms with van der Waals surface area (Å²) >= 11 is 0.939. The maximum Gasteiger partial charge on any atom is 0.573 e. The SMILES string of the molecule is FC(F)(F)CN1CCOc2ccc(-c3ccc(OC(F)(F)F)cc3)cc2S1. The van der Waals surface area contributed by atoms with E-state index < -0.39 is 19.1 Å². The summed E-state index contributed by atoms with van der Waals surface area (Å²) in [6, 6.07) is 10.2. The van der Waals surface area contributed by atoms with Crippen molar-refractivity contribution in [2.75, 3.05) is 19.7 Å². The summed E-state index contributed by atoms with van der Waals surface area (Å²) in [4.78, 5) is 0.505. The molecule has 0 spiro atoms. The Balaban J connectivity index is 1.81. The van der Waals surface area contributed by atoms with Crippen LogP contribution in [0.2, 0.25) is 0 Å². The summed E-state index contributed by atoms with van der Waals surface area (Å²) in [6.07, 6.45) is -9.11. The van der Waals surface area contributed by atoms with E-state index in [4.69, 9.17) is 4.74 Å². The Bertz CT molecular complexity index is 791. The van der Waals surface area contributed by atoms with Crippen LogP contribution >= 0.6 is 11.9 Å². The first-order valence-corrected chi connectivity index (χ1v) is 8.49. The summed E-state index contributed by atoms with van der Waals surface area (Å²) in [5.41, 5.74) is 1.23. The molecule has 1 heterocycles. The first kappa shape index (κ1) is 19.7. The van der Waals surface area contributed by atoms with Gasteiger partial charge in [-0.2, -0.15) is 13.2 Å². The number of fused-ring (bicyclic) bond motifs is 1. The van der Waals surface area contributed by atoms with Gasteiger partial charge in [-0.05, 0) is 47.3 Å². The Labute approximate surface area is 155 Å². The molecule has 10 heteroatoms. The van der Waals surface area contributed by atoms with Crippen molar-refractivity contribution >= 4 is 11.9 Å². The molecule has 3 rings (SSSR count).